The molecule has 1 heterocycles. The Morgan fingerprint density at radius 1 is 1.26 bits per heavy atom. The molecule has 0 saturated carbocycles. The molecule has 19 heavy (non-hydrogen) atoms. The van der Waals surface area contributed by atoms with Crippen LogP contribution in [0.1, 0.15) is 25.3 Å². The third kappa shape index (κ3) is 3.98. The summed E-state index contributed by atoms with van der Waals surface area (Å²) in [6.07, 6.45) is 2.66. The molecule has 0 radical (unpaired) electrons. The zero-order chi connectivity index (χ0) is 13.7. The van der Waals surface area contributed by atoms with Gasteiger partial charge >= 0.3 is 0 Å². The molecular weight excluding hydrogens is 248 g/mol. The van der Waals surface area contributed by atoms with Crippen molar-refractivity contribution in [2.24, 2.45) is 5.41 Å². The largest absolute Gasteiger partial charge is 0.381 e. The molecule has 1 aromatic rings. The quantitative estimate of drug-likeness (QED) is 0.802. The molecule has 1 fully saturated rings. The summed E-state index contributed by atoms with van der Waals surface area (Å²) < 4.78 is 32.0. The lowest BCUT2D eigenvalue weighted by atomic mass is 9.80. The van der Waals surface area contributed by atoms with E-state index in [1.807, 2.05) is 0 Å². The van der Waals surface area contributed by atoms with Gasteiger partial charge < -0.3 is 10.1 Å². The molecule has 0 spiro atoms. The van der Waals surface area contributed by atoms with Crippen molar-refractivity contribution < 1.29 is 13.5 Å². The van der Waals surface area contributed by atoms with Gasteiger partial charge in [0.25, 0.3) is 0 Å². The average molecular weight is 269 g/mol. The Hall–Kier alpha value is -1.00. The summed E-state index contributed by atoms with van der Waals surface area (Å²) in [5, 5.41) is 3.40. The number of benzene rings is 1. The first-order valence-corrected chi connectivity index (χ1v) is 6.87. The fraction of sp³-hybridized carbons (Fsp3) is 0.600. The Balaban J connectivity index is 2.07. The van der Waals surface area contributed by atoms with Crippen LogP contribution < -0.4 is 5.32 Å². The zero-order valence-corrected chi connectivity index (χ0v) is 11.3. The number of hydrogen-bond acceptors (Lipinski definition) is 2. The fourth-order valence-electron chi connectivity index (χ4n) is 2.67. The van der Waals surface area contributed by atoms with Crippen molar-refractivity contribution in [3.05, 3.63) is 35.4 Å². The molecule has 1 aromatic carbocycles. The molecule has 106 valence electrons. The predicted octanol–water partition coefficient (Wildman–Crippen LogP) is 2.91. The van der Waals surface area contributed by atoms with Gasteiger partial charge in [0.05, 0.1) is 6.61 Å². The molecular formula is C15H21F2NO. The summed E-state index contributed by atoms with van der Waals surface area (Å²) in [6.45, 7) is 5.29. The maximum absolute atomic E-state index is 13.2. The highest BCUT2D eigenvalue weighted by molar-refractivity contribution is 5.20. The Morgan fingerprint density at radius 3 is 2.58 bits per heavy atom. The Morgan fingerprint density at radius 2 is 2.00 bits per heavy atom. The van der Waals surface area contributed by atoms with E-state index >= 15 is 0 Å². The highest BCUT2D eigenvalue weighted by Gasteiger charge is 2.34. The molecule has 1 N–H and O–H groups in total. The van der Waals surface area contributed by atoms with Crippen LogP contribution in [0.2, 0.25) is 0 Å². The Kier molecular flexibility index (Phi) is 4.88. The minimum absolute atomic E-state index is 0.0323. The maximum Gasteiger partial charge on any atom is 0.126 e. The van der Waals surface area contributed by atoms with E-state index in [1.165, 1.54) is 12.1 Å². The van der Waals surface area contributed by atoms with Crippen LogP contribution in [0.15, 0.2) is 18.2 Å². The van der Waals surface area contributed by atoms with E-state index in [-0.39, 0.29) is 5.41 Å². The molecule has 1 aliphatic heterocycles. The number of halogens is 2. The van der Waals surface area contributed by atoms with Gasteiger partial charge in [-0.15, -0.1) is 0 Å². The van der Waals surface area contributed by atoms with Crippen molar-refractivity contribution in [1.29, 1.82) is 0 Å². The van der Waals surface area contributed by atoms with E-state index < -0.39 is 11.6 Å². The highest BCUT2D eigenvalue weighted by Crippen LogP contribution is 2.32. The second-order valence-corrected chi connectivity index (χ2v) is 5.43. The van der Waals surface area contributed by atoms with Crippen LogP contribution >= 0.6 is 0 Å². The van der Waals surface area contributed by atoms with Gasteiger partial charge in [0.2, 0.25) is 0 Å². The number of rotatable bonds is 6. The van der Waals surface area contributed by atoms with E-state index in [0.717, 1.165) is 38.6 Å². The molecule has 4 heteroatoms. The molecule has 2 nitrogen and oxygen atoms in total. The topological polar surface area (TPSA) is 21.3 Å². The monoisotopic (exact) mass is 269 g/mol. The van der Waals surface area contributed by atoms with Gasteiger partial charge in [-0.05, 0) is 43.5 Å². The van der Waals surface area contributed by atoms with E-state index in [0.29, 0.717) is 18.6 Å². The third-order valence-electron chi connectivity index (χ3n) is 3.61. The number of hydrogen-bond donors (Lipinski definition) is 1. The molecule has 1 aliphatic rings. The lowest BCUT2D eigenvalue weighted by Gasteiger charge is -2.28. The molecule has 2 rings (SSSR count). The van der Waals surface area contributed by atoms with Gasteiger partial charge in [-0.1, -0.05) is 6.92 Å². The van der Waals surface area contributed by atoms with Gasteiger partial charge in [-0.2, -0.15) is 0 Å². The standard InChI is InChI=1S/C15H21F2NO/c1-2-4-18-10-15(3-5-19-11-15)9-12-6-13(16)8-14(17)7-12/h6-8,18H,2-5,9-11H2,1H3. The highest BCUT2D eigenvalue weighted by atomic mass is 19.1. The minimum atomic E-state index is -0.509. The molecule has 1 saturated heterocycles. The van der Waals surface area contributed by atoms with Gasteiger partial charge in [0.15, 0.2) is 0 Å². The van der Waals surface area contributed by atoms with E-state index in [1.54, 1.807) is 0 Å². The van der Waals surface area contributed by atoms with Crippen molar-refractivity contribution in [3.8, 4) is 0 Å². The number of ether oxygens (including phenoxy) is 1. The summed E-state index contributed by atoms with van der Waals surface area (Å²) in [6, 6.07) is 3.75. The van der Waals surface area contributed by atoms with Crippen LogP contribution in [0.3, 0.4) is 0 Å². The summed E-state index contributed by atoms with van der Waals surface area (Å²) in [7, 11) is 0. The van der Waals surface area contributed by atoms with Gasteiger partial charge in [0.1, 0.15) is 11.6 Å². The summed E-state index contributed by atoms with van der Waals surface area (Å²) >= 11 is 0. The average Bonchev–Trinajstić information content (AvgIpc) is 2.77. The molecule has 0 aromatic heterocycles. The van der Waals surface area contributed by atoms with Crippen molar-refractivity contribution in [1.82, 2.24) is 5.32 Å². The van der Waals surface area contributed by atoms with Crippen molar-refractivity contribution in [2.45, 2.75) is 26.2 Å². The van der Waals surface area contributed by atoms with Crippen LogP contribution in [-0.2, 0) is 11.2 Å². The summed E-state index contributed by atoms with van der Waals surface area (Å²) in [5.41, 5.74) is 0.677. The zero-order valence-electron chi connectivity index (χ0n) is 11.3. The Bertz CT molecular complexity index is 396. The SMILES string of the molecule is CCCNCC1(Cc2cc(F)cc(F)c2)CCOC1. The second kappa shape index (κ2) is 6.44. The predicted molar refractivity (Wildman–Crippen MR) is 71.1 cm³/mol. The molecule has 1 unspecified atom stereocenters. The second-order valence-electron chi connectivity index (χ2n) is 5.43. The van der Waals surface area contributed by atoms with Crippen LogP contribution in [0.4, 0.5) is 8.78 Å². The summed E-state index contributed by atoms with van der Waals surface area (Å²) in [4.78, 5) is 0. The maximum atomic E-state index is 13.2. The van der Waals surface area contributed by atoms with E-state index in [2.05, 4.69) is 12.2 Å². The third-order valence-corrected chi connectivity index (χ3v) is 3.61. The van der Waals surface area contributed by atoms with Crippen molar-refractivity contribution >= 4 is 0 Å². The van der Waals surface area contributed by atoms with Crippen molar-refractivity contribution in [3.63, 3.8) is 0 Å². The van der Waals surface area contributed by atoms with Crippen LogP contribution in [-0.4, -0.2) is 26.3 Å². The smallest absolute Gasteiger partial charge is 0.126 e. The molecule has 0 bridgehead atoms. The first-order valence-electron chi connectivity index (χ1n) is 6.87. The summed E-state index contributed by atoms with van der Waals surface area (Å²) in [5.74, 6) is -1.02. The molecule has 1 atom stereocenters. The van der Waals surface area contributed by atoms with Crippen molar-refractivity contribution in [2.75, 3.05) is 26.3 Å². The first-order chi connectivity index (χ1) is 9.13. The van der Waals surface area contributed by atoms with Crippen LogP contribution in [0.5, 0.6) is 0 Å². The first kappa shape index (κ1) is 14.4. The van der Waals surface area contributed by atoms with Gasteiger partial charge in [0, 0.05) is 24.6 Å². The Labute approximate surface area is 113 Å². The fourth-order valence-corrected chi connectivity index (χ4v) is 2.67. The minimum Gasteiger partial charge on any atom is -0.381 e. The van der Waals surface area contributed by atoms with Crippen LogP contribution in [0.25, 0.3) is 0 Å². The number of nitrogens with one attached hydrogen (secondary N) is 1. The lowest BCUT2D eigenvalue weighted by Crippen LogP contribution is -2.37. The van der Waals surface area contributed by atoms with Crippen LogP contribution in [0, 0.1) is 17.0 Å². The van der Waals surface area contributed by atoms with Gasteiger partial charge in [-0.25, -0.2) is 8.78 Å². The van der Waals surface area contributed by atoms with E-state index in [9.17, 15) is 8.78 Å². The van der Waals surface area contributed by atoms with Gasteiger partial charge in [-0.3, -0.25) is 0 Å². The lowest BCUT2D eigenvalue weighted by molar-refractivity contribution is 0.149. The molecule has 0 aliphatic carbocycles. The normalized spacial score (nSPS) is 22.9. The molecule has 0 amide bonds. The van der Waals surface area contributed by atoms with E-state index in [4.69, 9.17) is 4.74 Å².